The van der Waals surface area contributed by atoms with Gasteiger partial charge in [-0.3, -0.25) is 4.79 Å². The van der Waals surface area contributed by atoms with Crippen molar-refractivity contribution in [3.63, 3.8) is 0 Å². The number of nitrogens with one attached hydrogen (secondary N) is 1. The number of halogens is 3. The van der Waals surface area contributed by atoms with Crippen molar-refractivity contribution < 1.29 is 23.5 Å². The van der Waals surface area contributed by atoms with E-state index in [2.05, 4.69) is 27.8 Å². The standard InChI is InChI=1S/C12H10BrF2NO3/c1-6(13)4-10(12(18)19)16-11(17)7-2-3-8(14)9(15)5-7/h2-3,5,10H,1,4H2,(H,16,17)(H,18,19)/t10-/m1/s1. The summed E-state index contributed by atoms with van der Waals surface area (Å²) in [6, 6.07) is 1.36. The van der Waals surface area contributed by atoms with Gasteiger partial charge in [-0.1, -0.05) is 22.5 Å². The second-order valence-electron chi connectivity index (χ2n) is 3.71. The number of carbonyl (C=O) groups is 2. The van der Waals surface area contributed by atoms with E-state index in [0.717, 1.165) is 12.1 Å². The molecule has 0 aliphatic heterocycles. The lowest BCUT2D eigenvalue weighted by Crippen LogP contribution is -2.40. The zero-order valence-electron chi connectivity index (χ0n) is 9.62. The largest absolute Gasteiger partial charge is 0.480 e. The smallest absolute Gasteiger partial charge is 0.326 e. The maximum absolute atomic E-state index is 13.0. The van der Waals surface area contributed by atoms with E-state index >= 15 is 0 Å². The van der Waals surface area contributed by atoms with Crippen molar-refractivity contribution in [1.29, 1.82) is 0 Å². The lowest BCUT2D eigenvalue weighted by Gasteiger charge is -2.13. The molecule has 0 saturated carbocycles. The summed E-state index contributed by atoms with van der Waals surface area (Å²) >= 11 is 2.99. The van der Waals surface area contributed by atoms with Crippen LogP contribution in [-0.4, -0.2) is 23.0 Å². The van der Waals surface area contributed by atoms with Crippen molar-refractivity contribution in [2.45, 2.75) is 12.5 Å². The van der Waals surface area contributed by atoms with Crippen molar-refractivity contribution in [3.05, 3.63) is 46.5 Å². The molecule has 2 N–H and O–H groups in total. The quantitative estimate of drug-likeness (QED) is 0.869. The van der Waals surface area contributed by atoms with Gasteiger partial charge in [-0.25, -0.2) is 13.6 Å². The van der Waals surface area contributed by atoms with Gasteiger partial charge in [0.15, 0.2) is 11.6 Å². The van der Waals surface area contributed by atoms with Crippen LogP contribution in [0.1, 0.15) is 16.8 Å². The maximum atomic E-state index is 13.0. The molecule has 4 nitrogen and oxygen atoms in total. The van der Waals surface area contributed by atoms with Gasteiger partial charge in [0.05, 0.1) is 0 Å². The number of carboxylic acid groups (broad SMARTS) is 1. The highest BCUT2D eigenvalue weighted by Crippen LogP contribution is 2.12. The van der Waals surface area contributed by atoms with Gasteiger partial charge in [-0.2, -0.15) is 0 Å². The number of benzene rings is 1. The number of hydrogen-bond acceptors (Lipinski definition) is 2. The molecule has 0 aromatic heterocycles. The Morgan fingerprint density at radius 1 is 1.37 bits per heavy atom. The molecule has 1 amide bonds. The van der Waals surface area contributed by atoms with Crippen LogP contribution < -0.4 is 5.32 Å². The van der Waals surface area contributed by atoms with Crippen LogP contribution in [0.2, 0.25) is 0 Å². The third kappa shape index (κ3) is 4.44. The maximum Gasteiger partial charge on any atom is 0.326 e. The molecule has 102 valence electrons. The van der Waals surface area contributed by atoms with E-state index < -0.39 is 29.6 Å². The topological polar surface area (TPSA) is 66.4 Å². The predicted molar refractivity (Wildman–Crippen MR) is 67.9 cm³/mol. The van der Waals surface area contributed by atoms with E-state index in [9.17, 15) is 18.4 Å². The average molecular weight is 334 g/mol. The zero-order valence-corrected chi connectivity index (χ0v) is 11.2. The fourth-order valence-corrected chi connectivity index (χ4v) is 1.62. The van der Waals surface area contributed by atoms with E-state index in [4.69, 9.17) is 5.11 Å². The number of amides is 1. The van der Waals surface area contributed by atoms with Gasteiger partial charge in [-0.05, 0) is 22.7 Å². The first-order valence-electron chi connectivity index (χ1n) is 5.13. The first-order valence-corrected chi connectivity index (χ1v) is 5.92. The summed E-state index contributed by atoms with van der Waals surface area (Å²) < 4.78 is 26.1. The van der Waals surface area contributed by atoms with Gasteiger partial charge >= 0.3 is 5.97 Å². The van der Waals surface area contributed by atoms with Crippen LogP contribution in [0.25, 0.3) is 0 Å². The van der Waals surface area contributed by atoms with E-state index in [1.54, 1.807) is 0 Å². The first kappa shape index (κ1) is 15.3. The Balaban J connectivity index is 2.84. The minimum atomic E-state index is -1.25. The normalized spacial score (nSPS) is 11.7. The van der Waals surface area contributed by atoms with Gasteiger partial charge in [-0.15, -0.1) is 0 Å². The lowest BCUT2D eigenvalue weighted by atomic mass is 10.1. The molecule has 1 aromatic carbocycles. The summed E-state index contributed by atoms with van der Waals surface area (Å²) in [6.45, 7) is 3.48. The number of carbonyl (C=O) groups excluding carboxylic acids is 1. The average Bonchev–Trinajstić information content (AvgIpc) is 2.31. The SMILES string of the molecule is C=C(Br)C[C@@H](NC(=O)c1ccc(F)c(F)c1)C(=O)O. The van der Waals surface area contributed by atoms with Gasteiger partial charge in [0.2, 0.25) is 0 Å². The van der Waals surface area contributed by atoms with Crippen LogP contribution in [0.5, 0.6) is 0 Å². The van der Waals surface area contributed by atoms with E-state index in [-0.39, 0.29) is 12.0 Å². The van der Waals surface area contributed by atoms with Crippen molar-refractivity contribution >= 4 is 27.8 Å². The molecule has 0 fully saturated rings. The van der Waals surface area contributed by atoms with E-state index in [1.807, 2.05) is 0 Å². The summed E-state index contributed by atoms with van der Waals surface area (Å²) in [5, 5.41) is 11.1. The predicted octanol–water partition coefficient (Wildman–Crippen LogP) is 2.45. The van der Waals surface area contributed by atoms with Crippen LogP contribution in [0.15, 0.2) is 29.3 Å². The molecule has 0 radical (unpaired) electrons. The molecule has 1 rings (SSSR count). The van der Waals surface area contributed by atoms with E-state index in [1.165, 1.54) is 0 Å². The number of aliphatic carboxylic acids is 1. The highest BCUT2D eigenvalue weighted by atomic mass is 79.9. The second-order valence-corrected chi connectivity index (χ2v) is 4.84. The summed E-state index contributed by atoms with van der Waals surface area (Å²) in [5.74, 6) is -4.32. The van der Waals surface area contributed by atoms with Crippen LogP contribution in [0.3, 0.4) is 0 Å². The Morgan fingerprint density at radius 3 is 2.47 bits per heavy atom. The fraction of sp³-hybridized carbons (Fsp3) is 0.167. The van der Waals surface area contributed by atoms with Crippen LogP contribution in [0, 0.1) is 11.6 Å². The van der Waals surface area contributed by atoms with Crippen molar-refractivity contribution in [2.24, 2.45) is 0 Å². The Labute approximate surface area is 116 Å². The van der Waals surface area contributed by atoms with Gasteiger partial charge in [0.25, 0.3) is 5.91 Å². The molecule has 1 aromatic rings. The highest BCUT2D eigenvalue weighted by molar-refractivity contribution is 9.11. The van der Waals surface area contributed by atoms with Crippen LogP contribution in [0.4, 0.5) is 8.78 Å². The molecular weight excluding hydrogens is 324 g/mol. The molecule has 19 heavy (non-hydrogen) atoms. The third-order valence-corrected chi connectivity index (χ3v) is 2.53. The number of carboxylic acids is 1. The van der Waals surface area contributed by atoms with Crippen LogP contribution >= 0.6 is 15.9 Å². The summed E-state index contributed by atoms with van der Waals surface area (Å²) in [7, 11) is 0. The molecule has 0 unspecified atom stereocenters. The Hall–Kier alpha value is -1.76. The van der Waals surface area contributed by atoms with Crippen LogP contribution in [-0.2, 0) is 4.79 Å². The molecular formula is C12H10BrF2NO3. The summed E-state index contributed by atoms with van der Waals surface area (Å²) in [6.07, 6.45) is -0.0231. The molecule has 0 saturated heterocycles. The molecule has 1 atom stereocenters. The molecule has 7 heteroatoms. The van der Waals surface area contributed by atoms with Gasteiger partial charge in [0, 0.05) is 12.0 Å². The molecule has 0 bridgehead atoms. The van der Waals surface area contributed by atoms with Gasteiger partial charge in [0.1, 0.15) is 6.04 Å². The summed E-state index contributed by atoms with van der Waals surface area (Å²) in [4.78, 5) is 22.6. The Kier molecular flexibility index (Phi) is 5.17. The fourth-order valence-electron chi connectivity index (χ4n) is 1.30. The van der Waals surface area contributed by atoms with Crippen molar-refractivity contribution in [3.8, 4) is 0 Å². The summed E-state index contributed by atoms with van der Waals surface area (Å²) in [5.41, 5.74) is -0.162. The number of hydrogen-bond donors (Lipinski definition) is 2. The Bertz CT molecular complexity index is 534. The number of rotatable bonds is 5. The van der Waals surface area contributed by atoms with Crippen molar-refractivity contribution in [2.75, 3.05) is 0 Å². The molecule has 0 heterocycles. The van der Waals surface area contributed by atoms with Gasteiger partial charge < -0.3 is 10.4 Å². The second kappa shape index (κ2) is 6.42. The first-order chi connectivity index (χ1) is 8.81. The Morgan fingerprint density at radius 2 is 2.00 bits per heavy atom. The molecule has 0 aliphatic carbocycles. The lowest BCUT2D eigenvalue weighted by molar-refractivity contribution is -0.139. The van der Waals surface area contributed by atoms with Crippen molar-refractivity contribution in [1.82, 2.24) is 5.32 Å². The molecule has 0 spiro atoms. The van der Waals surface area contributed by atoms with E-state index in [0.29, 0.717) is 10.5 Å². The minimum absolute atomic E-state index is 0.0231. The highest BCUT2D eigenvalue weighted by Gasteiger charge is 2.21. The third-order valence-electron chi connectivity index (χ3n) is 2.21. The molecule has 0 aliphatic rings. The zero-order chi connectivity index (χ0) is 14.6. The minimum Gasteiger partial charge on any atom is -0.480 e. The monoisotopic (exact) mass is 333 g/mol.